The molecule has 0 fully saturated rings. The van der Waals surface area contributed by atoms with Crippen molar-refractivity contribution < 1.29 is 4.92 Å². The predicted octanol–water partition coefficient (Wildman–Crippen LogP) is 1.56. The predicted molar refractivity (Wildman–Crippen MR) is 48.6 cm³/mol. The number of nitrogens with two attached hydrogens (primary N) is 1. The van der Waals surface area contributed by atoms with Crippen LogP contribution in [0, 0.1) is 10.1 Å². The van der Waals surface area contributed by atoms with Crippen LogP contribution in [-0.2, 0) is 0 Å². The van der Waals surface area contributed by atoms with Crippen molar-refractivity contribution in [2.45, 2.75) is 51.6 Å². The summed E-state index contributed by atoms with van der Waals surface area (Å²) in [6.07, 6.45) is 2.28. The van der Waals surface area contributed by atoms with Gasteiger partial charge in [-0.1, -0.05) is 0 Å². The number of hydrogen-bond donors (Lipinski definition) is 1. The van der Waals surface area contributed by atoms with Crippen molar-refractivity contribution in [1.29, 1.82) is 0 Å². The second-order valence-electron chi connectivity index (χ2n) is 3.94. The van der Waals surface area contributed by atoms with Gasteiger partial charge in [0.1, 0.15) is 0 Å². The SMILES string of the molecule is CC(N)CCCC(C)(C)[N+](=O)[O-]. The largest absolute Gasteiger partial charge is 0.328 e. The third kappa shape index (κ3) is 4.28. The first-order valence-corrected chi connectivity index (χ1v) is 4.26. The smallest absolute Gasteiger partial charge is 0.216 e. The van der Waals surface area contributed by atoms with E-state index in [9.17, 15) is 10.1 Å². The Morgan fingerprint density at radius 3 is 2.42 bits per heavy atom. The first-order valence-electron chi connectivity index (χ1n) is 4.26. The molecule has 0 aromatic carbocycles. The molecule has 0 radical (unpaired) electrons. The number of nitro groups is 1. The van der Waals surface area contributed by atoms with Crippen LogP contribution in [0.25, 0.3) is 0 Å². The lowest BCUT2D eigenvalue weighted by atomic mass is 9.97. The number of hydrogen-bond acceptors (Lipinski definition) is 3. The highest BCUT2D eigenvalue weighted by molar-refractivity contribution is 4.67. The van der Waals surface area contributed by atoms with Gasteiger partial charge in [-0.15, -0.1) is 0 Å². The average Bonchev–Trinajstić information content (AvgIpc) is 1.85. The van der Waals surface area contributed by atoms with Crippen LogP contribution >= 0.6 is 0 Å². The zero-order chi connectivity index (χ0) is 9.78. The molecule has 4 heteroatoms. The van der Waals surface area contributed by atoms with Gasteiger partial charge in [-0.25, -0.2) is 0 Å². The minimum Gasteiger partial charge on any atom is -0.328 e. The van der Waals surface area contributed by atoms with Crippen molar-refractivity contribution in [2.75, 3.05) is 0 Å². The van der Waals surface area contributed by atoms with Gasteiger partial charge in [-0.05, 0) is 19.8 Å². The Bertz CT molecular complexity index is 155. The number of nitrogens with zero attached hydrogens (tertiary/aromatic N) is 1. The molecule has 1 unspecified atom stereocenters. The van der Waals surface area contributed by atoms with Gasteiger partial charge in [0.15, 0.2) is 0 Å². The monoisotopic (exact) mass is 174 g/mol. The van der Waals surface area contributed by atoms with Crippen molar-refractivity contribution in [3.63, 3.8) is 0 Å². The molecule has 0 rings (SSSR count). The van der Waals surface area contributed by atoms with Gasteiger partial charge in [0, 0.05) is 31.2 Å². The molecule has 4 nitrogen and oxygen atoms in total. The average molecular weight is 174 g/mol. The van der Waals surface area contributed by atoms with Crippen LogP contribution in [0.3, 0.4) is 0 Å². The second kappa shape index (κ2) is 4.40. The maximum atomic E-state index is 10.5. The highest BCUT2D eigenvalue weighted by Crippen LogP contribution is 2.16. The van der Waals surface area contributed by atoms with E-state index in [-0.39, 0.29) is 11.0 Å². The van der Waals surface area contributed by atoms with Crippen molar-refractivity contribution in [2.24, 2.45) is 5.73 Å². The summed E-state index contributed by atoms with van der Waals surface area (Å²) in [6.45, 7) is 5.21. The maximum Gasteiger partial charge on any atom is 0.216 e. The lowest BCUT2D eigenvalue weighted by molar-refractivity contribution is -0.561. The van der Waals surface area contributed by atoms with Crippen LogP contribution in [0.4, 0.5) is 0 Å². The Labute approximate surface area is 73.3 Å². The van der Waals surface area contributed by atoms with E-state index >= 15 is 0 Å². The fraction of sp³-hybridized carbons (Fsp3) is 1.00. The van der Waals surface area contributed by atoms with Gasteiger partial charge >= 0.3 is 0 Å². The van der Waals surface area contributed by atoms with Crippen LogP contribution in [0.5, 0.6) is 0 Å². The first kappa shape index (κ1) is 11.4. The molecule has 0 saturated carbocycles. The summed E-state index contributed by atoms with van der Waals surface area (Å²) in [4.78, 5) is 10.2. The summed E-state index contributed by atoms with van der Waals surface area (Å²) in [5.41, 5.74) is 4.73. The molecular formula is C8H18N2O2. The van der Waals surface area contributed by atoms with Crippen LogP contribution in [-0.4, -0.2) is 16.5 Å². The molecule has 1 atom stereocenters. The summed E-state index contributed by atoms with van der Waals surface area (Å²) in [6, 6.07) is 0.146. The van der Waals surface area contributed by atoms with E-state index in [2.05, 4.69) is 0 Å². The molecule has 0 aliphatic rings. The van der Waals surface area contributed by atoms with E-state index in [1.165, 1.54) is 0 Å². The summed E-state index contributed by atoms with van der Waals surface area (Å²) in [5.74, 6) is 0. The Kier molecular flexibility index (Phi) is 4.17. The fourth-order valence-corrected chi connectivity index (χ4v) is 0.948. The molecule has 0 aliphatic heterocycles. The molecule has 0 heterocycles. The molecule has 2 N–H and O–H groups in total. The van der Waals surface area contributed by atoms with Crippen LogP contribution in [0.15, 0.2) is 0 Å². The summed E-state index contributed by atoms with van der Waals surface area (Å²) in [5, 5.41) is 10.5. The van der Waals surface area contributed by atoms with E-state index in [0.29, 0.717) is 6.42 Å². The minimum atomic E-state index is -0.797. The quantitative estimate of drug-likeness (QED) is 0.508. The molecule has 12 heavy (non-hydrogen) atoms. The third-order valence-electron chi connectivity index (χ3n) is 1.94. The van der Waals surface area contributed by atoms with Crippen molar-refractivity contribution in [3.8, 4) is 0 Å². The fourth-order valence-electron chi connectivity index (χ4n) is 0.948. The van der Waals surface area contributed by atoms with Crippen molar-refractivity contribution in [1.82, 2.24) is 0 Å². The number of rotatable bonds is 5. The normalized spacial score (nSPS) is 14.3. The molecule has 0 amide bonds. The molecule has 0 aromatic heterocycles. The van der Waals surface area contributed by atoms with Gasteiger partial charge in [0.25, 0.3) is 0 Å². The highest BCUT2D eigenvalue weighted by Gasteiger charge is 2.29. The summed E-state index contributed by atoms with van der Waals surface area (Å²) in [7, 11) is 0. The molecular weight excluding hydrogens is 156 g/mol. The van der Waals surface area contributed by atoms with Gasteiger partial charge in [-0.3, -0.25) is 10.1 Å². The molecule has 0 aliphatic carbocycles. The Balaban J connectivity index is 3.69. The van der Waals surface area contributed by atoms with Gasteiger partial charge in [0.05, 0.1) is 0 Å². The van der Waals surface area contributed by atoms with Gasteiger partial charge < -0.3 is 5.73 Å². The molecule has 0 aromatic rings. The molecule has 72 valence electrons. The van der Waals surface area contributed by atoms with Gasteiger partial charge in [0.2, 0.25) is 5.54 Å². The third-order valence-corrected chi connectivity index (χ3v) is 1.94. The topological polar surface area (TPSA) is 69.2 Å². The van der Waals surface area contributed by atoms with E-state index < -0.39 is 5.54 Å². The summed E-state index contributed by atoms with van der Waals surface area (Å²) < 4.78 is 0. The zero-order valence-corrected chi connectivity index (χ0v) is 8.04. The Morgan fingerprint density at radius 1 is 1.58 bits per heavy atom. The van der Waals surface area contributed by atoms with E-state index in [4.69, 9.17) is 5.73 Å². The van der Waals surface area contributed by atoms with Crippen molar-refractivity contribution in [3.05, 3.63) is 10.1 Å². The van der Waals surface area contributed by atoms with Gasteiger partial charge in [-0.2, -0.15) is 0 Å². The van der Waals surface area contributed by atoms with E-state index in [0.717, 1.165) is 12.8 Å². The minimum absolute atomic E-state index is 0.146. The maximum absolute atomic E-state index is 10.5. The second-order valence-corrected chi connectivity index (χ2v) is 3.94. The lowest BCUT2D eigenvalue weighted by Crippen LogP contribution is -2.31. The molecule has 0 bridgehead atoms. The standard InChI is InChI=1S/C8H18N2O2/c1-7(9)5-4-6-8(2,3)10(11)12/h7H,4-6,9H2,1-3H3. The summed E-state index contributed by atoms with van der Waals surface area (Å²) >= 11 is 0. The van der Waals surface area contributed by atoms with E-state index in [1.807, 2.05) is 6.92 Å². The Hall–Kier alpha value is -0.640. The van der Waals surface area contributed by atoms with Crippen LogP contribution in [0.1, 0.15) is 40.0 Å². The Morgan fingerprint density at radius 2 is 2.08 bits per heavy atom. The zero-order valence-electron chi connectivity index (χ0n) is 8.04. The van der Waals surface area contributed by atoms with E-state index in [1.54, 1.807) is 13.8 Å². The van der Waals surface area contributed by atoms with Crippen LogP contribution in [0.2, 0.25) is 0 Å². The molecule has 0 spiro atoms. The lowest BCUT2D eigenvalue weighted by Gasteiger charge is -2.15. The molecule has 0 saturated heterocycles. The van der Waals surface area contributed by atoms with Crippen molar-refractivity contribution >= 4 is 0 Å². The first-order chi connectivity index (χ1) is 5.36. The highest BCUT2D eigenvalue weighted by atomic mass is 16.6. The van der Waals surface area contributed by atoms with Crippen LogP contribution < -0.4 is 5.73 Å².